The standard InChI is InChI=1S/C16H10BrClF3N3O/c17-9-2-1-3-11(6-9)24(8-16(19,20)21)14-12-5-4-10(18)7-13(12)22-15(25)23-14/h1-7H,8H2,(H,22,23,25). The van der Waals surface area contributed by atoms with E-state index in [1.807, 2.05) is 0 Å². The van der Waals surface area contributed by atoms with Crippen LogP contribution in [0.1, 0.15) is 0 Å². The molecule has 1 heterocycles. The molecule has 0 aliphatic carbocycles. The van der Waals surface area contributed by atoms with E-state index in [9.17, 15) is 18.0 Å². The minimum atomic E-state index is -4.49. The molecular weight excluding hydrogens is 423 g/mol. The van der Waals surface area contributed by atoms with Crippen molar-refractivity contribution in [2.45, 2.75) is 6.18 Å². The van der Waals surface area contributed by atoms with Gasteiger partial charge in [-0.25, -0.2) is 4.79 Å². The molecule has 0 atom stereocenters. The van der Waals surface area contributed by atoms with Gasteiger partial charge in [0.15, 0.2) is 0 Å². The van der Waals surface area contributed by atoms with Crippen molar-refractivity contribution in [3.8, 4) is 0 Å². The van der Waals surface area contributed by atoms with Gasteiger partial charge in [0.2, 0.25) is 0 Å². The second-order valence-electron chi connectivity index (χ2n) is 5.24. The highest BCUT2D eigenvalue weighted by Gasteiger charge is 2.33. The van der Waals surface area contributed by atoms with Crippen LogP contribution in [0.2, 0.25) is 5.02 Å². The quantitative estimate of drug-likeness (QED) is 0.631. The number of aromatic amines is 1. The third kappa shape index (κ3) is 4.13. The number of hydrogen-bond donors (Lipinski definition) is 1. The molecule has 0 saturated carbocycles. The molecule has 3 rings (SSSR count). The van der Waals surface area contributed by atoms with Gasteiger partial charge in [0.05, 0.1) is 5.52 Å². The smallest absolute Gasteiger partial charge is 0.316 e. The molecule has 0 fully saturated rings. The van der Waals surface area contributed by atoms with E-state index in [0.29, 0.717) is 20.4 Å². The van der Waals surface area contributed by atoms with Gasteiger partial charge in [0.25, 0.3) is 0 Å². The third-order valence-electron chi connectivity index (χ3n) is 3.38. The summed E-state index contributed by atoms with van der Waals surface area (Å²) in [5, 5.41) is 0.707. The Hall–Kier alpha value is -2.06. The second-order valence-corrected chi connectivity index (χ2v) is 6.59. The highest BCUT2D eigenvalue weighted by atomic mass is 79.9. The van der Waals surface area contributed by atoms with Crippen molar-refractivity contribution in [2.24, 2.45) is 0 Å². The van der Waals surface area contributed by atoms with E-state index in [1.165, 1.54) is 30.3 Å². The van der Waals surface area contributed by atoms with Crippen molar-refractivity contribution < 1.29 is 13.2 Å². The third-order valence-corrected chi connectivity index (χ3v) is 4.11. The minimum absolute atomic E-state index is 0.0918. The molecule has 1 N–H and O–H groups in total. The Bertz CT molecular complexity index is 990. The molecule has 4 nitrogen and oxygen atoms in total. The summed E-state index contributed by atoms with van der Waals surface area (Å²) >= 11 is 9.15. The summed E-state index contributed by atoms with van der Waals surface area (Å²) in [6, 6.07) is 10.9. The van der Waals surface area contributed by atoms with Crippen LogP contribution in [-0.2, 0) is 0 Å². The maximum Gasteiger partial charge on any atom is 0.406 e. The highest BCUT2D eigenvalue weighted by Crippen LogP contribution is 2.34. The maximum absolute atomic E-state index is 13.2. The molecule has 25 heavy (non-hydrogen) atoms. The topological polar surface area (TPSA) is 49.0 Å². The van der Waals surface area contributed by atoms with Crippen LogP contribution in [0.4, 0.5) is 24.7 Å². The van der Waals surface area contributed by atoms with Crippen molar-refractivity contribution in [3.63, 3.8) is 0 Å². The summed E-state index contributed by atoms with van der Waals surface area (Å²) in [5.41, 5.74) is -0.197. The number of nitrogens with zero attached hydrogens (tertiary/aromatic N) is 2. The number of H-pyrrole nitrogens is 1. The molecule has 3 aromatic rings. The molecule has 0 unspecified atom stereocenters. The first kappa shape index (κ1) is 17.8. The molecule has 1 aromatic heterocycles. The number of nitrogens with one attached hydrogen (secondary N) is 1. The van der Waals surface area contributed by atoms with Crippen LogP contribution in [0.5, 0.6) is 0 Å². The molecule has 0 spiro atoms. The van der Waals surface area contributed by atoms with Crippen molar-refractivity contribution in [1.29, 1.82) is 0 Å². The fraction of sp³-hybridized carbons (Fsp3) is 0.125. The van der Waals surface area contributed by atoms with Crippen molar-refractivity contribution in [3.05, 3.63) is 62.4 Å². The summed E-state index contributed by atoms with van der Waals surface area (Å²) in [4.78, 5) is 19.1. The summed E-state index contributed by atoms with van der Waals surface area (Å²) in [7, 11) is 0. The number of halogens is 5. The lowest BCUT2D eigenvalue weighted by molar-refractivity contribution is -0.118. The van der Waals surface area contributed by atoms with E-state index in [1.54, 1.807) is 12.1 Å². The summed E-state index contributed by atoms with van der Waals surface area (Å²) < 4.78 is 40.1. The lowest BCUT2D eigenvalue weighted by Gasteiger charge is -2.26. The zero-order chi connectivity index (χ0) is 18.2. The van der Waals surface area contributed by atoms with Gasteiger partial charge in [-0.15, -0.1) is 0 Å². The van der Waals surface area contributed by atoms with Crippen LogP contribution >= 0.6 is 27.5 Å². The Morgan fingerprint density at radius 2 is 1.96 bits per heavy atom. The van der Waals surface area contributed by atoms with Gasteiger partial charge in [-0.2, -0.15) is 18.2 Å². The predicted octanol–water partition coefficient (Wildman–Crippen LogP) is 5.04. The van der Waals surface area contributed by atoms with Crippen LogP contribution in [0.3, 0.4) is 0 Å². The average Bonchev–Trinajstić information content (AvgIpc) is 2.50. The van der Waals surface area contributed by atoms with E-state index in [0.717, 1.165) is 4.90 Å². The number of rotatable bonds is 3. The number of anilines is 2. The first-order chi connectivity index (χ1) is 11.7. The van der Waals surface area contributed by atoms with Gasteiger partial charge in [-0.1, -0.05) is 33.6 Å². The van der Waals surface area contributed by atoms with Gasteiger partial charge < -0.3 is 9.88 Å². The minimum Gasteiger partial charge on any atom is -0.316 e. The Kier molecular flexibility index (Phi) is 4.75. The van der Waals surface area contributed by atoms with Crippen molar-refractivity contribution in [2.75, 3.05) is 11.4 Å². The average molecular weight is 433 g/mol. The molecule has 0 bridgehead atoms. The SMILES string of the molecule is O=c1nc(N(CC(F)(F)F)c2cccc(Br)c2)c2ccc(Cl)cc2[nH]1. The number of benzene rings is 2. The second kappa shape index (κ2) is 6.68. The zero-order valence-electron chi connectivity index (χ0n) is 12.4. The molecule has 0 radical (unpaired) electrons. The van der Waals surface area contributed by atoms with Gasteiger partial charge in [-0.3, -0.25) is 0 Å². The Labute approximate surface area is 153 Å². The molecule has 0 aliphatic rings. The van der Waals surface area contributed by atoms with Gasteiger partial charge >= 0.3 is 11.9 Å². The zero-order valence-corrected chi connectivity index (χ0v) is 14.8. The van der Waals surface area contributed by atoms with Gasteiger partial charge in [0.1, 0.15) is 12.4 Å². The summed E-state index contributed by atoms with van der Waals surface area (Å²) in [6.45, 7) is -1.29. The molecular formula is C16H10BrClF3N3O. The number of hydrogen-bond acceptors (Lipinski definition) is 3. The Morgan fingerprint density at radius 3 is 2.64 bits per heavy atom. The molecule has 0 saturated heterocycles. The highest BCUT2D eigenvalue weighted by molar-refractivity contribution is 9.10. The molecule has 0 amide bonds. The van der Waals surface area contributed by atoms with Crippen LogP contribution in [0.15, 0.2) is 51.7 Å². The Morgan fingerprint density at radius 1 is 1.20 bits per heavy atom. The molecule has 0 aliphatic heterocycles. The van der Waals surface area contributed by atoms with Crippen molar-refractivity contribution >= 4 is 49.9 Å². The first-order valence-corrected chi connectivity index (χ1v) is 8.19. The van der Waals surface area contributed by atoms with Crippen molar-refractivity contribution in [1.82, 2.24) is 9.97 Å². The maximum atomic E-state index is 13.2. The van der Waals surface area contributed by atoms with Gasteiger partial charge in [-0.05, 0) is 36.4 Å². The van der Waals surface area contributed by atoms with E-state index < -0.39 is 18.4 Å². The lowest BCUT2D eigenvalue weighted by atomic mass is 10.2. The fourth-order valence-corrected chi connectivity index (χ4v) is 2.99. The van der Waals surface area contributed by atoms with Crippen LogP contribution < -0.4 is 10.6 Å². The van der Waals surface area contributed by atoms with Gasteiger partial charge in [0, 0.05) is 20.6 Å². The first-order valence-electron chi connectivity index (χ1n) is 7.02. The van der Waals surface area contributed by atoms with Crippen LogP contribution in [0, 0.1) is 0 Å². The predicted molar refractivity (Wildman–Crippen MR) is 94.6 cm³/mol. The summed E-state index contributed by atoms with van der Waals surface area (Å²) in [6.07, 6.45) is -4.49. The number of alkyl halides is 3. The molecule has 9 heteroatoms. The monoisotopic (exact) mass is 431 g/mol. The molecule has 130 valence electrons. The summed E-state index contributed by atoms with van der Waals surface area (Å²) in [5.74, 6) is -0.0918. The van der Waals surface area contributed by atoms with E-state index in [2.05, 4.69) is 25.9 Å². The molecule has 2 aromatic carbocycles. The number of aromatic nitrogens is 2. The Balaban J connectivity index is 2.26. The lowest BCUT2D eigenvalue weighted by Crippen LogP contribution is -2.32. The fourth-order valence-electron chi connectivity index (χ4n) is 2.43. The van der Waals surface area contributed by atoms with E-state index in [-0.39, 0.29) is 11.5 Å². The largest absolute Gasteiger partial charge is 0.406 e. The van der Waals surface area contributed by atoms with E-state index >= 15 is 0 Å². The normalized spacial score (nSPS) is 11.7. The van der Waals surface area contributed by atoms with E-state index in [4.69, 9.17) is 11.6 Å². The van der Waals surface area contributed by atoms with Crippen LogP contribution in [0.25, 0.3) is 10.9 Å². The van der Waals surface area contributed by atoms with Crippen LogP contribution in [-0.4, -0.2) is 22.7 Å². The number of fused-ring (bicyclic) bond motifs is 1.